The van der Waals surface area contributed by atoms with Gasteiger partial charge in [-0.25, -0.2) is 4.79 Å². The van der Waals surface area contributed by atoms with Crippen molar-refractivity contribution in [2.45, 2.75) is 25.8 Å². The summed E-state index contributed by atoms with van der Waals surface area (Å²) < 4.78 is 0. The number of para-hydroxylation sites is 1. The average molecular weight is 440 g/mol. The van der Waals surface area contributed by atoms with Gasteiger partial charge in [0.2, 0.25) is 0 Å². The smallest absolute Gasteiger partial charge is 0.326 e. The number of carbonyl (C=O) groups is 3. The van der Waals surface area contributed by atoms with Gasteiger partial charge in [0.15, 0.2) is 0 Å². The SMILES string of the molecule is CC1=C(C(=O)Nc2ccccc2C(=O)NC(Cc2ccccc2)C(=O)O)Cc2ccccc21. The lowest BCUT2D eigenvalue weighted by Crippen LogP contribution is -2.42. The first-order chi connectivity index (χ1) is 15.9. The molecule has 0 saturated heterocycles. The van der Waals surface area contributed by atoms with E-state index in [0.29, 0.717) is 17.7 Å². The highest BCUT2D eigenvalue weighted by Gasteiger charge is 2.26. The molecule has 0 radical (unpaired) electrons. The van der Waals surface area contributed by atoms with E-state index >= 15 is 0 Å². The second kappa shape index (κ2) is 9.53. The number of anilines is 1. The number of carboxylic acid groups (broad SMARTS) is 1. The predicted octanol–water partition coefficient (Wildman–Crippen LogP) is 4.08. The van der Waals surface area contributed by atoms with Crippen LogP contribution in [0.15, 0.2) is 84.4 Å². The number of fused-ring (bicyclic) bond motifs is 1. The largest absolute Gasteiger partial charge is 0.480 e. The van der Waals surface area contributed by atoms with Crippen molar-refractivity contribution in [1.29, 1.82) is 0 Å². The lowest BCUT2D eigenvalue weighted by Gasteiger charge is -2.17. The first-order valence-corrected chi connectivity index (χ1v) is 10.7. The molecule has 3 aromatic rings. The standard InChI is InChI=1S/C27H24N2O4/c1-17-20-12-6-5-11-19(20)16-22(17)26(31)28-23-14-8-7-13-21(23)25(30)29-24(27(32)33)15-18-9-3-2-4-10-18/h2-14,24H,15-16H2,1H3,(H,28,31)(H,29,30)(H,32,33). The third-order valence-electron chi connectivity index (χ3n) is 5.82. The molecule has 2 amide bonds. The summed E-state index contributed by atoms with van der Waals surface area (Å²) in [7, 11) is 0. The number of nitrogens with one attached hydrogen (secondary N) is 2. The number of aliphatic carboxylic acids is 1. The van der Waals surface area contributed by atoms with Crippen molar-refractivity contribution >= 4 is 29.0 Å². The second-order valence-corrected chi connectivity index (χ2v) is 7.99. The fourth-order valence-corrected chi connectivity index (χ4v) is 4.05. The van der Waals surface area contributed by atoms with Crippen LogP contribution in [0, 0.1) is 0 Å². The molecule has 0 aromatic heterocycles. The van der Waals surface area contributed by atoms with Crippen molar-refractivity contribution in [1.82, 2.24) is 5.32 Å². The van der Waals surface area contributed by atoms with E-state index in [4.69, 9.17) is 0 Å². The van der Waals surface area contributed by atoms with Gasteiger partial charge in [-0.05, 0) is 41.3 Å². The molecule has 0 saturated carbocycles. The maximum atomic E-state index is 13.0. The average Bonchev–Trinajstić information content (AvgIpc) is 3.16. The molecule has 6 nitrogen and oxygen atoms in total. The molecule has 1 aliphatic rings. The summed E-state index contributed by atoms with van der Waals surface area (Å²) in [4.78, 5) is 37.8. The van der Waals surface area contributed by atoms with Crippen LogP contribution in [-0.2, 0) is 22.4 Å². The number of hydrogen-bond donors (Lipinski definition) is 3. The van der Waals surface area contributed by atoms with Gasteiger partial charge in [-0.3, -0.25) is 9.59 Å². The summed E-state index contributed by atoms with van der Waals surface area (Å²) in [5.41, 5.74) is 5.06. The van der Waals surface area contributed by atoms with E-state index in [1.807, 2.05) is 61.5 Å². The maximum absolute atomic E-state index is 13.0. The summed E-state index contributed by atoms with van der Waals surface area (Å²) in [6.07, 6.45) is 0.682. The van der Waals surface area contributed by atoms with Crippen LogP contribution in [0.3, 0.4) is 0 Å². The van der Waals surface area contributed by atoms with Gasteiger partial charge in [0.05, 0.1) is 11.3 Å². The van der Waals surface area contributed by atoms with E-state index < -0.39 is 17.9 Å². The Morgan fingerprint density at radius 2 is 1.55 bits per heavy atom. The molecule has 0 bridgehead atoms. The van der Waals surface area contributed by atoms with E-state index in [-0.39, 0.29) is 17.9 Å². The monoisotopic (exact) mass is 440 g/mol. The van der Waals surface area contributed by atoms with Crippen LogP contribution in [0.5, 0.6) is 0 Å². The van der Waals surface area contributed by atoms with Gasteiger partial charge in [-0.2, -0.15) is 0 Å². The van der Waals surface area contributed by atoms with Crippen LogP contribution >= 0.6 is 0 Å². The molecule has 166 valence electrons. The fraction of sp³-hybridized carbons (Fsp3) is 0.148. The zero-order chi connectivity index (χ0) is 23.4. The van der Waals surface area contributed by atoms with E-state index in [2.05, 4.69) is 10.6 Å². The van der Waals surface area contributed by atoms with E-state index in [1.54, 1.807) is 24.3 Å². The molecule has 0 heterocycles. The molecule has 6 heteroatoms. The van der Waals surface area contributed by atoms with Crippen molar-refractivity contribution < 1.29 is 19.5 Å². The van der Waals surface area contributed by atoms with Crippen molar-refractivity contribution in [2.75, 3.05) is 5.32 Å². The van der Waals surface area contributed by atoms with Crippen LogP contribution in [0.4, 0.5) is 5.69 Å². The van der Waals surface area contributed by atoms with Crippen LogP contribution in [0.1, 0.15) is 34.0 Å². The lowest BCUT2D eigenvalue weighted by molar-refractivity contribution is -0.139. The van der Waals surface area contributed by atoms with E-state index in [9.17, 15) is 19.5 Å². The Kier molecular flexibility index (Phi) is 6.36. The van der Waals surface area contributed by atoms with Crippen molar-refractivity contribution in [3.8, 4) is 0 Å². The zero-order valence-electron chi connectivity index (χ0n) is 18.2. The molecular weight excluding hydrogens is 416 g/mol. The Bertz CT molecular complexity index is 1250. The second-order valence-electron chi connectivity index (χ2n) is 7.99. The summed E-state index contributed by atoms with van der Waals surface area (Å²) in [5.74, 6) is -1.96. The molecule has 3 N–H and O–H groups in total. The van der Waals surface area contributed by atoms with Gasteiger partial charge >= 0.3 is 5.97 Å². The van der Waals surface area contributed by atoms with E-state index in [0.717, 1.165) is 22.3 Å². The summed E-state index contributed by atoms with van der Waals surface area (Å²) >= 11 is 0. The first kappa shape index (κ1) is 22.0. The molecule has 1 unspecified atom stereocenters. The number of benzene rings is 3. The van der Waals surface area contributed by atoms with Crippen LogP contribution in [0.25, 0.3) is 5.57 Å². The molecule has 33 heavy (non-hydrogen) atoms. The summed E-state index contributed by atoms with van der Waals surface area (Å²) in [6, 6.07) is 22.5. The molecule has 0 aliphatic heterocycles. The highest BCUT2D eigenvalue weighted by Crippen LogP contribution is 2.33. The minimum absolute atomic E-state index is 0.154. The third kappa shape index (κ3) is 4.85. The van der Waals surface area contributed by atoms with Crippen molar-refractivity contribution in [3.05, 3.63) is 107 Å². The number of allylic oxidation sites excluding steroid dienone is 1. The van der Waals surface area contributed by atoms with E-state index in [1.165, 1.54) is 0 Å². The highest BCUT2D eigenvalue weighted by molar-refractivity contribution is 6.13. The topological polar surface area (TPSA) is 95.5 Å². The number of carbonyl (C=O) groups excluding carboxylic acids is 2. The van der Waals surface area contributed by atoms with Crippen molar-refractivity contribution in [3.63, 3.8) is 0 Å². The molecule has 1 atom stereocenters. The Balaban J connectivity index is 1.51. The quantitative estimate of drug-likeness (QED) is 0.516. The Labute approximate surface area is 192 Å². The number of amides is 2. The Morgan fingerprint density at radius 3 is 2.27 bits per heavy atom. The maximum Gasteiger partial charge on any atom is 0.326 e. The third-order valence-corrected chi connectivity index (χ3v) is 5.82. The molecular formula is C27H24N2O4. The number of hydrogen-bond acceptors (Lipinski definition) is 3. The molecule has 1 aliphatic carbocycles. The number of carboxylic acids is 1. The minimum atomic E-state index is -1.13. The van der Waals surface area contributed by atoms with Crippen LogP contribution in [-0.4, -0.2) is 28.9 Å². The Morgan fingerprint density at radius 1 is 0.879 bits per heavy atom. The van der Waals surface area contributed by atoms with Crippen LogP contribution < -0.4 is 10.6 Å². The van der Waals surface area contributed by atoms with Gasteiger partial charge in [0.1, 0.15) is 6.04 Å². The highest BCUT2D eigenvalue weighted by atomic mass is 16.4. The summed E-state index contributed by atoms with van der Waals surface area (Å²) in [6.45, 7) is 1.92. The van der Waals surface area contributed by atoms with Crippen molar-refractivity contribution in [2.24, 2.45) is 0 Å². The zero-order valence-corrected chi connectivity index (χ0v) is 18.2. The Hall–Kier alpha value is -4.19. The molecule has 0 spiro atoms. The van der Waals surface area contributed by atoms with Gasteiger partial charge in [0, 0.05) is 18.4 Å². The van der Waals surface area contributed by atoms with Gasteiger partial charge < -0.3 is 15.7 Å². The molecule has 4 rings (SSSR count). The number of rotatable bonds is 7. The van der Waals surface area contributed by atoms with Gasteiger partial charge in [-0.15, -0.1) is 0 Å². The minimum Gasteiger partial charge on any atom is -0.480 e. The predicted molar refractivity (Wildman–Crippen MR) is 127 cm³/mol. The summed E-state index contributed by atoms with van der Waals surface area (Å²) in [5, 5.41) is 15.0. The van der Waals surface area contributed by atoms with Gasteiger partial charge in [-0.1, -0.05) is 66.7 Å². The van der Waals surface area contributed by atoms with Gasteiger partial charge in [0.25, 0.3) is 11.8 Å². The molecule has 3 aromatic carbocycles. The first-order valence-electron chi connectivity index (χ1n) is 10.7. The van der Waals surface area contributed by atoms with Crippen LogP contribution in [0.2, 0.25) is 0 Å². The molecule has 0 fully saturated rings. The normalized spacial score (nSPS) is 13.2. The fourth-order valence-electron chi connectivity index (χ4n) is 4.05. The lowest BCUT2D eigenvalue weighted by atomic mass is 10.0.